The SMILES string of the molecule is O=c1cc(C(F)F)[nH]c(CO)c1OC(F)(F)F. The highest BCUT2D eigenvalue weighted by Gasteiger charge is 2.33. The van der Waals surface area contributed by atoms with Crippen LogP contribution in [0.15, 0.2) is 10.9 Å². The van der Waals surface area contributed by atoms with Crippen molar-refractivity contribution in [3.63, 3.8) is 0 Å². The molecule has 0 aliphatic heterocycles. The Bertz CT molecular complexity index is 453. The maximum absolute atomic E-state index is 12.2. The average molecular weight is 259 g/mol. The monoisotopic (exact) mass is 259 g/mol. The van der Waals surface area contributed by atoms with E-state index in [-0.39, 0.29) is 6.07 Å². The number of halogens is 5. The molecule has 17 heavy (non-hydrogen) atoms. The molecule has 2 N–H and O–H groups in total. The topological polar surface area (TPSA) is 62.3 Å². The third kappa shape index (κ3) is 3.41. The Hall–Kier alpha value is -1.64. The Balaban J connectivity index is 3.27. The van der Waals surface area contributed by atoms with Crippen molar-refractivity contribution in [1.29, 1.82) is 0 Å². The van der Waals surface area contributed by atoms with Crippen molar-refractivity contribution < 1.29 is 31.8 Å². The number of alkyl halides is 5. The van der Waals surface area contributed by atoms with Gasteiger partial charge in [0.1, 0.15) is 0 Å². The quantitative estimate of drug-likeness (QED) is 0.812. The highest BCUT2D eigenvalue weighted by molar-refractivity contribution is 5.29. The molecule has 0 aliphatic carbocycles. The van der Waals surface area contributed by atoms with Crippen LogP contribution >= 0.6 is 0 Å². The first-order valence-electron chi connectivity index (χ1n) is 4.15. The zero-order valence-electron chi connectivity index (χ0n) is 8.02. The summed E-state index contributed by atoms with van der Waals surface area (Å²) in [5.74, 6) is -1.25. The molecule has 96 valence electrons. The fourth-order valence-electron chi connectivity index (χ4n) is 1.08. The van der Waals surface area contributed by atoms with Crippen LogP contribution < -0.4 is 10.2 Å². The average Bonchev–Trinajstić information content (AvgIpc) is 2.18. The van der Waals surface area contributed by atoms with Crippen LogP contribution in [0.25, 0.3) is 0 Å². The van der Waals surface area contributed by atoms with Gasteiger partial charge >= 0.3 is 6.36 Å². The first-order valence-corrected chi connectivity index (χ1v) is 4.15. The third-order valence-electron chi connectivity index (χ3n) is 1.69. The lowest BCUT2D eigenvalue weighted by molar-refractivity contribution is -0.275. The van der Waals surface area contributed by atoms with Crippen molar-refractivity contribution in [2.24, 2.45) is 0 Å². The summed E-state index contributed by atoms with van der Waals surface area (Å²) in [5, 5.41) is 8.68. The Labute approximate surface area is 90.6 Å². The normalized spacial score (nSPS) is 11.9. The minimum Gasteiger partial charge on any atom is -0.400 e. The van der Waals surface area contributed by atoms with Crippen molar-refractivity contribution in [2.45, 2.75) is 19.4 Å². The molecule has 0 radical (unpaired) electrons. The number of aromatic amines is 1. The van der Waals surface area contributed by atoms with E-state index in [1.807, 2.05) is 0 Å². The maximum atomic E-state index is 12.2. The number of rotatable bonds is 3. The Morgan fingerprint density at radius 1 is 1.41 bits per heavy atom. The molecule has 0 aromatic carbocycles. The van der Waals surface area contributed by atoms with Gasteiger partial charge in [0, 0.05) is 6.07 Å². The van der Waals surface area contributed by atoms with Gasteiger partial charge in [0.15, 0.2) is 5.75 Å². The van der Waals surface area contributed by atoms with Crippen molar-refractivity contribution in [2.75, 3.05) is 0 Å². The van der Waals surface area contributed by atoms with Gasteiger partial charge in [-0.1, -0.05) is 0 Å². The van der Waals surface area contributed by atoms with Crippen LogP contribution in [0.4, 0.5) is 22.0 Å². The van der Waals surface area contributed by atoms with Crippen molar-refractivity contribution >= 4 is 0 Å². The maximum Gasteiger partial charge on any atom is 0.573 e. The lowest BCUT2D eigenvalue weighted by Gasteiger charge is -2.12. The molecular formula is C8H6F5NO3. The van der Waals surface area contributed by atoms with Gasteiger partial charge in [-0.25, -0.2) is 8.78 Å². The van der Waals surface area contributed by atoms with E-state index in [1.54, 1.807) is 4.98 Å². The molecule has 0 amide bonds. The van der Waals surface area contributed by atoms with E-state index in [1.165, 1.54) is 0 Å². The summed E-state index contributed by atoms with van der Waals surface area (Å²) in [5.41, 5.74) is -3.04. The van der Waals surface area contributed by atoms with Gasteiger partial charge in [-0.3, -0.25) is 4.79 Å². The summed E-state index contributed by atoms with van der Waals surface area (Å²) in [6, 6.07) is 0.283. The highest BCUT2D eigenvalue weighted by atomic mass is 19.4. The van der Waals surface area contributed by atoms with Crippen LogP contribution in [0.5, 0.6) is 5.75 Å². The summed E-state index contributed by atoms with van der Waals surface area (Å²) in [6.07, 6.45) is -8.23. The van der Waals surface area contributed by atoms with Gasteiger partial charge < -0.3 is 14.8 Å². The molecule has 1 aromatic rings. The standard InChI is InChI=1S/C8H6F5NO3/c9-7(10)3-1-5(16)6(4(2-15)14-3)17-8(11,12)13/h1,7,15H,2H2,(H,14,16). The lowest BCUT2D eigenvalue weighted by atomic mass is 10.2. The van der Waals surface area contributed by atoms with Crippen LogP contribution in [0.3, 0.4) is 0 Å². The number of ether oxygens (including phenoxy) is 1. The number of nitrogens with one attached hydrogen (secondary N) is 1. The molecule has 9 heteroatoms. The molecule has 0 spiro atoms. The number of aliphatic hydroxyl groups excluding tert-OH is 1. The second-order valence-corrected chi connectivity index (χ2v) is 2.90. The predicted octanol–water partition coefficient (Wildman–Crippen LogP) is 1.70. The Morgan fingerprint density at radius 2 is 2.00 bits per heavy atom. The minimum absolute atomic E-state index is 0.283. The van der Waals surface area contributed by atoms with Crippen molar-refractivity contribution in [1.82, 2.24) is 4.98 Å². The molecule has 1 aromatic heterocycles. The number of hydrogen-bond donors (Lipinski definition) is 2. The molecule has 0 bridgehead atoms. The van der Waals surface area contributed by atoms with Gasteiger partial charge in [0.25, 0.3) is 6.43 Å². The zero-order chi connectivity index (χ0) is 13.2. The molecule has 4 nitrogen and oxygen atoms in total. The number of hydrogen-bond acceptors (Lipinski definition) is 3. The molecule has 0 aliphatic rings. The second kappa shape index (κ2) is 4.70. The lowest BCUT2D eigenvalue weighted by Crippen LogP contribution is -2.24. The number of H-pyrrole nitrogens is 1. The van der Waals surface area contributed by atoms with Gasteiger partial charge in [0.2, 0.25) is 5.43 Å². The van der Waals surface area contributed by atoms with E-state index < -0.39 is 42.0 Å². The first kappa shape index (κ1) is 13.4. The highest BCUT2D eigenvalue weighted by Crippen LogP contribution is 2.24. The molecule has 0 saturated heterocycles. The molecule has 1 heterocycles. The van der Waals surface area contributed by atoms with Crippen LogP contribution in [-0.2, 0) is 6.61 Å². The molecule has 0 fully saturated rings. The number of aromatic nitrogens is 1. The van der Waals surface area contributed by atoms with Crippen molar-refractivity contribution in [3.8, 4) is 5.75 Å². The largest absolute Gasteiger partial charge is 0.573 e. The summed E-state index contributed by atoms with van der Waals surface area (Å²) in [4.78, 5) is 12.9. The third-order valence-corrected chi connectivity index (χ3v) is 1.69. The number of pyridine rings is 1. The molecule has 1 rings (SSSR count). The second-order valence-electron chi connectivity index (χ2n) is 2.90. The molecular weight excluding hydrogens is 253 g/mol. The fourth-order valence-corrected chi connectivity index (χ4v) is 1.08. The van der Waals surface area contributed by atoms with Gasteiger partial charge in [-0.15, -0.1) is 13.2 Å². The van der Waals surface area contributed by atoms with Crippen LogP contribution in [-0.4, -0.2) is 16.5 Å². The molecule has 0 atom stereocenters. The van der Waals surface area contributed by atoms with E-state index in [4.69, 9.17) is 5.11 Å². The van der Waals surface area contributed by atoms with Crippen molar-refractivity contribution in [3.05, 3.63) is 27.7 Å². The van der Waals surface area contributed by atoms with E-state index in [0.29, 0.717) is 0 Å². The minimum atomic E-state index is -5.15. The Kier molecular flexibility index (Phi) is 3.71. The summed E-state index contributed by atoms with van der Waals surface area (Å²) in [7, 11) is 0. The van der Waals surface area contributed by atoms with Gasteiger partial charge in [0.05, 0.1) is 18.0 Å². The van der Waals surface area contributed by atoms with Gasteiger partial charge in [-0.2, -0.15) is 0 Å². The van der Waals surface area contributed by atoms with Crippen LogP contribution in [0, 0.1) is 0 Å². The smallest absolute Gasteiger partial charge is 0.400 e. The van der Waals surface area contributed by atoms with Crippen LogP contribution in [0.2, 0.25) is 0 Å². The molecule has 0 unspecified atom stereocenters. The summed E-state index contributed by atoms with van der Waals surface area (Å²) >= 11 is 0. The first-order chi connectivity index (χ1) is 7.74. The van der Waals surface area contributed by atoms with E-state index >= 15 is 0 Å². The predicted molar refractivity (Wildman–Crippen MR) is 44.6 cm³/mol. The van der Waals surface area contributed by atoms with Crippen LogP contribution in [0.1, 0.15) is 17.8 Å². The fraction of sp³-hybridized carbons (Fsp3) is 0.375. The van der Waals surface area contributed by atoms with E-state index in [0.717, 1.165) is 0 Å². The van der Waals surface area contributed by atoms with Gasteiger partial charge in [-0.05, 0) is 0 Å². The molecule has 0 saturated carbocycles. The van der Waals surface area contributed by atoms with E-state index in [9.17, 15) is 26.7 Å². The summed E-state index contributed by atoms with van der Waals surface area (Å²) in [6.45, 7) is -1.07. The Morgan fingerprint density at radius 3 is 2.41 bits per heavy atom. The zero-order valence-corrected chi connectivity index (χ0v) is 8.02. The number of aliphatic hydroxyl groups is 1. The van der Waals surface area contributed by atoms with E-state index in [2.05, 4.69) is 4.74 Å². The summed E-state index contributed by atoms with van der Waals surface area (Å²) < 4.78 is 63.5.